The van der Waals surface area contributed by atoms with Crippen LogP contribution in [0.5, 0.6) is 0 Å². The van der Waals surface area contributed by atoms with Crippen LogP contribution < -0.4 is 0 Å². The number of carboxylic acids is 2. The number of piperidine rings is 2. The molecule has 4 heterocycles. The van der Waals surface area contributed by atoms with Crippen molar-refractivity contribution in [2.24, 2.45) is 10.8 Å². The van der Waals surface area contributed by atoms with Gasteiger partial charge in [-0.3, -0.25) is 38.9 Å². The number of methoxy groups -OCH3 is 2. The molecule has 6 atom stereocenters. The first-order valence-electron chi connectivity index (χ1n) is 12.6. The second-order valence-corrected chi connectivity index (χ2v) is 10.1. The Morgan fingerprint density at radius 3 is 1.75 bits per heavy atom. The van der Waals surface area contributed by atoms with Crippen molar-refractivity contribution in [2.75, 3.05) is 34.4 Å². The maximum atomic E-state index is 13.9. The number of carbonyl (C=O) groups is 4. The van der Waals surface area contributed by atoms with Crippen LogP contribution in [0.15, 0.2) is 48.8 Å². The van der Waals surface area contributed by atoms with Crippen molar-refractivity contribution in [2.45, 2.75) is 37.1 Å². The van der Waals surface area contributed by atoms with E-state index in [1.165, 1.54) is 17.3 Å². The summed E-state index contributed by atoms with van der Waals surface area (Å²) < 4.78 is 10.5. The molecule has 2 bridgehead atoms. The quantitative estimate of drug-likeness (QED) is 0.364. The van der Waals surface area contributed by atoms with Crippen molar-refractivity contribution in [1.29, 1.82) is 0 Å². The Kier molecular flexibility index (Phi) is 8.19. The summed E-state index contributed by atoms with van der Waals surface area (Å²) in [5.41, 5.74) is -3.14. The molecule has 0 spiro atoms. The van der Waals surface area contributed by atoms with Crippen LogP contribution in [0.3, 0.4) is 0 Å². The number of aliphatic carboxylic acids is 2. The van der Waals surface area contributed by atoms with Crippen molar-refractivity contribution in [3.63, 3.8) is 0 Å². The van der Waals surface area contributed by atoms with Crippen LogP contribution >= 0.6 is 0 Å². The number of pyridine rings is 2. The molecule has 0 amide bonds. The van der Waals surface area contributed by atoms with E-state index in [2.05, 4.69) is 9.97 Å². The van der Waals surface area contributed by atoms with Gasteiger partial charge in [-0.05, 0) is 37.7 Å². The molecule has 2 aliphatic heterocycles. The molecule has 0 saturated carbocycles. The molecule has 2 fully saturated rings. The fourth-order valence-electron chi connectivity index (χ4n) is 6.63. The topological polar surface area (TPSA) is 180 Å². The second kappa shape index (κ2) is 11.3. The molecule has 2 aromatic heterocycles. The summed E-state index contributed by atoms with van der Waals surface area (Å²) in [5, 5.41) is 31.8. The molecular formula is C27H32N4O9. The lowest BCUT2D eigenvalue weighted by Gasteiger charge is -2.64. The van der Waals surface area contributed by atoms with Crippen molar-refractivity contribution in [3.8, 4) is 0 Å². The molecule has 3 N–H and O–H groups in total. The van der Waals surface area contributed by atoms with Crippen LogP contribution in [0.25, 0.3) is 0 Å². The SMILES string of the molecule is COC(=O)C12CN([C@@H](CCC(=O)O)C(=O)O)CC(C(=O)OC)([C@@H](c3ccccn3)N(C)C1c1ccccn1)[C@H]2O. The number of hydrogen-bond acceptors (Lipinski definition) is 11. The van der Waals surface area contributed by atoms with E-state index < -0.39 is 65.4 Å². The van der Waals surface area contributed by atoms with Crippen LogP contribution in [-0.4, -0.2) is 105 Å². The summed E-state index contributed by atoms with van der Waals surface area (Å²) in [5.74, 6) is -4.32. The summed E-state index contributed by atoms with van der Waals surface area (Å²) in [7, 11) is 3.96. The van der Waals surface area contributed by atoms with E-state index >= 15 is 0 Å². The van der Waals surface area contributed by atoms with Crippen molar-refractivity contribution >= 4 is 23.9 Å². The number of rotatable bonds is 9. The number of esters is 2. The number of nitrogens with zero attached hydrogens (tertiary/aromatic N) is 4. The fourth-order valence-corrected chi connectivity index (χ4v) is 6.63. The molecule has 13 nitrogen and oxygen atoms in total. The number of aromatic nitrogens is 2. The van der Waals surface area contributed by atoms with Crippen LogP contribution in [0.4, 0.5) is 0 Å². The van der Waals surface area contributed by atoms with Crippen molar-refractivity contribution in [3.05, 3.63) is 60.2 Å². The molecular weight excluding hydrogens is 524 g/mol. The van der Waals surface area contributed by atoms with Crippen LogP contribution in [0.2, 0.25) is 0 Å². The first-order chi connectivity index (χ1) is 19.1. The molecule has 2 aliphatic rings. The Balaban J connectivity index is 2.06. The number of hydrogen-bond donors (Lipinski definition) is 3. The molecule has 3 unspecified atom stereocenters. The molecule has 4 rings (SSSR count). The third kappa shape index (κ3) is 4.49. The largest absolute Gasteiger partial charge is 0.481 e. The van der Waals surface area contributed by atoms with Gasteiger partial charge in [0.1, 0.15) is 16.9 Å². The maximum Gasteiger partial charge on any atom is 0.320 e. The van der Waals surface area contributed by atoms with Gasteiger partial charge in [-0.1, -0.05) is 12.1 Å². The number of fused-ring (bicyclic) bond motifs is 2. The van der Waals surface area contributed by atoms with Gasteiger partial charge in [0.05, 0.1) is 43.8 Å². The van der Waals surface area contributed by atoms with E-state index in [4.69, 9.17) is 9.47 Å². The van der Waals surface area contributed by atoms with Crippen LogP contribution in [-0.2, 0) is 28.7 Å². The molecule has 0 aliphatic carbocycles. The minimum absolute atomic E-state index is 0.312. The van der Waals surface area contributed by atoms with Gasteiger partial charge < -0.3 is 24.8 Å². The fraction of sp³-hybridized carbons (Fsp3) is 0.481. The summed E-state index contributed by atoms with van der Waals surface area (Å²) in [4.78, 5) is 63.7. The highest BCUT2D eigenvalue weighted by Gasteiger charge is 2.75. The monoisotopic (exact) mass is 556 g/mol. The Morgan fingerprint density at radius 2 is 1.40 bits per heavy atom. The summed E-state index contributed by atoms with van der Waals surface area (Å²) >= 11 is 0. The predicted molar refractivity (Wildman–Crippen MR) is 136 cm³/mol. The average molecular weight is 557 g/mol. The number of aliphatic hydroxyl groups is 1. The molecule has 40 heavy (non-hydrogen) atoms. The standard InChI is InChI=1S/C27H32N4O9/c1-30-20(16-8-4-6-12-28-16)26(24(37)39-2)14-31(18(22(34)35)10-11-19(32)33)15-27(23(26)36,25(38)40-3)21(30)17-9-5-7-13-29-17/h4-9,12-13,18,20-21,23,36H,10-11,14-15H2,1-3H3,(H,32,33)(H,34,35)/t18-,20+,21?,23+,26?,27?/m0/s1. The van der Waals surface area contributed by atoms with Gasteiger partial charge in [0, 0.05) is 31.9 Å². The lowest BCUT2D eigenvalue weighted by atomic mass is 9.53. The van der Waals surface area contributed by atoms with Gasteiger partial charge in [0.25, 0.3) is 0 Å². The summed E-state index contributed by atoms with van der Waals surface area (Å²) in [6.45, 7) is -0.729. The Bertz CT molecular complexity index is 1190. The third-order valence-corrected chi connectivity index (χ3v) is 8.12. The Hall–Kier alpha value is -3.94. The van der Waals surface area contributed by atoms with E-state index in [9.17, 15) is 34.5 Å². The summed E-state index contributed by atoms with van der Waals surface area (Å²) in [6.07, 6.45) is 0.519. The number of carboxylic acid groups (broad SMARTS) is 2. The van der Waals surface area contributed by atoms with Crippen LogP contribution in [0.1, 0.15) is 36.3 Å². The van der Waals surface area contributed by atoms with Crippen LogP contribution in [0, 0.1) is 10.8 Å². The molecule has 0 aromatic carbocycles. The zero-order chi connectivity index (χ0) is 29.2. The normalized spacial score (nSPS) is 29.2. The van der Waals surface area contributed by atoms with Gasteiger partial charge in [-0.15, -0.1) is 0 Å². The lowest BCUT2D eigenvalue weighted by Crippen LogP contribution is -2.78. The molecule has 0 radical (unpaired) electrons. The van der Waals surface area contributed by atoms with E-state index in [1.54, 1.807) is 48.3 Å². The predicted octanol–water partition coefficient (Wildman–Crippen LogP) is 0.518. The zero-order valence-corrected chi connectivity index (χ0v) is 22.3. The van der Waals surface area contributed by atoms with E-state index in [0.717, 1.165) is 14.2 Å². The van der Waals surface area contributed by atoms with E-state index in [0.29, 0.717) is 11.4 Å². The maximum absolute atomic E-state index is 13.9. The highest BCUT2D eigenvalue weighted by molar-refractivity contribution is 5.87. The third-order valence-electron chi connectivity index (χ3n) is 8.12. The molecule has 2 aromatic rings. The molecule has 13 heteroatoms. The number of likely N-dealkylation sites (tertiary alicyclic amines) is 2. The van der Waals surface area contributed by atoms with Crippen molar-refractivity contribution in [1.82, 2.24) is 19.8 Å². The smallest absolute Gasteiger partial charge is 0.320 e. The minimum atomic E-state index is -1.94. The Labute approximate surface area is 230 Å². The van der Waals surface area contributed by atoms with E-state index in [1.807, 2.05) is 0 Å². The zero-order valence-electron chi connectivity index (χ0n) is 22.3. The van der Waals surface area contributed by atoms with Gasteiger partial charge in [0.2, 0.25) is 0 Å². The van der Waals surface area contributed by atoms with Crippen molar-refractivity contribution < 1.29 is 44.0 Å². The Morgan fingerprint density at radius 1 is 0.925 bits per heavy atom. The highest BCUT2D eigenvalue weighted by Crippen LogP contribution is 2.62. The van der Waals surface area contributed by atoms with Gasteiger partial charge in [-0.25, -0.2) is 0 Å². The number of aliphatic hydroxyl groups excluding tert-OH is 1. The first kappa shape index (κ1) is 29.1. The molecule has 214 valence electrons. The first-order valence-corrected chi connectivity index (χ1v) is 12.6. The lowest BCUT2D eigenvalue weighted by molar-refractivity contribution is -0.253. The van der Waals surface area contributed by atoms with E-state index in [-0.39, 0.29) is 19.5 Å². The average Bonchev–Trinajstić information content (AvgIpc) is 2.94. The molecule has 2 saturated heterocycles. The summed E-state index contributed by atoms with van der Waals surface area (Å²) in [6, 6.07) is 6.67. The van der Waals surface area contributed by atoms with Gasteiger partial charge in [0.15, 0.2) is 0 Å². The number of ether oxygens (including phenoxy) is 2. The minimum Gasteiger partial charge on any atom is -0.481 e. The second-order valence-electron chi connectivity index (χ2n) is 10.1. The number of carbonyl (C=O) groups excluding carboxylic acids is 2. The highest BCUT2D eigenvalue weighted by atomic mass is 16.5. The van der Waals surface area contributed by atoms with Gasteiger partial charge >= 0.3 is 23.9 Å². The van der Waals surface area contributed by atoms with Gasteiger partial charge in [-0.2, -0.15) is 0 Å².